The average molecular weight is 249 g/mol. The third-order valence-corrected chi connectivity index (χ3v) is 6.35. The van der Waals surface area contributed by atoms with Gasteiger partial charge in [0.1, 0.15) is 0 Å². The first-order chi connectivity index (χ1) is 8.92. The lowest BCUT2D eigenvalue weighted by Crippen LogP contribution is -2.42. The van der Waals surface area contributed by atoms with Crippen LogP contribution in [0, 0.1) is 29.6 Å². The van der Waals surface area contributed by atoms with Gasteiger partial charge in [-0.3, -0.25) is 0 Å². The lowest BCUT2D eigenvalue weighted by atomic mass is 9.79. The van der Waals surface area contributed by atoms with Gasteiger partial charge in [0.2, 0.25) is 0 Å². The molecule has 2 nitrogen and oxygen atoms in total. The van der Waals surface area contributed by atoms with Crippen LogP contribution in [0.2, 0.25) is 0 Å². The van der Waals surface area contributed by atoms with Gasteiger partial charge in [-0.2, -0.15) is 0 Å². The minimum Gasteiger partial charge on any atom is -0.381 e. The quantitative estimate of drug-likeness (QED) is 0.830. The Morgan fingerprint density at radius 3 is 2.78 bits per heavy atom. The Morgan fingerprint density at radius 2 is 1.89 bits per heavy atom. The van der Waals surface area contributed by atoms with Crippen molar-refractivity contribution in [3.8, 4) is 0 Å². The van der Waals surface area contributed by atoms with E-state index < -0.39 is 0 Å². The van der Waals surface area contributed by atoms with E-state index in [0.717, 1.165) is 48.8 Å². The standard InChI is InChI=1S/C16H27NO/c1-4-13-12-7-15(14(13)5-1)16(8-12)17-9-11-3-2-6-18-10-11/h11-17H,1-10H2. The first-order valence-corrected chi connectivity index (χ1v) is 8.23. The fourth-order valence-corrected chi connectivity index (χ4v) is 5.59. The molecule has 0 aromatic carbocycles. The molecular weight excluding hydrogens is 222 g/mol. The van der Waals surface area contributed by atoms with Crippen LogP contribution in [0.1, 0.15) is 44.9 Å². The van der Waals surface area contributed by atoms with Crippen LogP contribution in [0.25, 0.3) is 0 Å². The van der Waals surface area contributed by atoms with Gasteiger partial charge in [-0.25, -0.2) is 0 Å². The van der Waals surface area contributed by atoms with Crippen LogP contribution in [0.15, 0.2) is 0 Å². The van der Waals surface area contributed by atoms with Crippen molar-refractivity contribution in [3.63, 3.8) is 0 Å². The summed E-state index contributed by atoms with van der Waals surface area (Å²) in [5, 5.41) is 3.92. The average Bonchev–Trinajstić information content (AvgIpc) is 3.09. The van der Waals surface area contributed by atoms with E-state index in [1.165, 1.54) is 38.6 Å². The highest BCUT2D eigenvalue weighted by Crippen LogP contribution is 2.58. The number of hydrogen-bond donors (Lipinski definition) is 1. The van der Waals surface area contributed by atoms with Gasteiger partial charge in [0.05, 0.1) is 6.61 Å². The molecule has 1 aliphatic heterocycles. The second-order valence-electron chi connectivity index (χ2n) is 7.25. The van der Waals surface area contributed by atoms with Crippen molar-refractivity contribution in [1.82, 2.24) is 5.32 Å². The van der Waals surface area contributed by atoms with Gasteiger partial charge in [-0.05, 0) is 68.1 Å². The van der Waals surface area contributed by atoms with E-state index in [0.29, 0.717) is 0 Å². The molecule has 2 bridgehead atoms. The predicted octanol–water partition coefficient (Wildman–Crippen LogP) is 2.83. The maximum atomic E-state index is 5.59. The summed E-state index contributed by atoms with van der Waals surface area (Å²) in [7, 11) is 0. The molecule has 0 spiro atoms. The second-order valence-corrected chi connectivity index (χ2v) is 7.25. The van der Waals surface area contributed by atoms with Crippen molar-refractivity contribution in [2.24, 2.45) is 29.6 Å². The highest BCUT2D eigenvalue weighted by atomic mass is 16.5. The summed E-state index contributed by atoms with van der Waals surface area (Å²) < 4.78 is 5.59. The Morgan fingerprint density at radius 1 is 0.944 bits per heavy atom. The van der Waals surface area contributed by atoms with Gasteiger partial charge in [0, 0.05) is 19.2 Å². The molecule has 1 N–H and O–H groups in total. The largest absolute Gasteiger partial charge is 0.381 e. The van der Waals surface area contributed by atoms with Gasteiger partial charge in [-0.1, -0.05) is 6.42 Å². The molecule has 6 unspecified atom stereocenters. The van der Waals surface area contributed by atoms with E-state index in [1.807, 2.05) is 0 Å². The molecule has 0 radical (unpaired) electrons. The fraction of sp³-hybridized carbons (Fsp3) is 1.00. The van der Waals surface area contributed by atoms with Crippen molar-refractivity contribution in [2.45, 2.75) is 51.0 Å². The summed E-state index contributed by atoms with van der Waals surface area (Å²) in [6, 6.07) is 0.858. The highest BCUT2D eigenvalue weighted by molar-refractivity contribution is 5.05. The number of hydrogen-bond acceptors (Lipinski definition) is 2. The summed E-state index contributed by atoms with van der Waals surface area (Å²) in [6.07, 6.45) is 10.3. The van der Waals surface area contributed by atoms with Gasteiger partial charge >= 0.3 is 0 Å². The van der Waals surface area contributed by atoms with E-state index >= 15 is 0 Å². The van der Waals surface area contributed by atoms with Gasteiger partial charge in [0.25, 0.3) is 0 Å². The molecule has 18 heavy (non-hydrogen) atoms. The monoisotopic (exact) mass is 249 g/mol. The van der Waals surface area contributed by atoms with E-state index in [1.54, 1.807) is 12.8 Å². The van der Waals surface area contributed by atoms with Crippen LogP contribution in [-0.4, -0.2) is 25.8 Å². The molecule has 1 saturated heterocycles. The minimum absolute atomic E-state index is 0.789. The molecule has 0 amide bonds. The van der Waals surface area contributed by atoms with Crippen molar-refractivity contribution in [2.75, 3.05) is 19.8 Å². The first kappa shape index (κ1) is 11.7. The molecule has 1 heterocycles. The zero-order chi connectivity index (χ0) is 11.9. The molecule has 2 heteroatoms. The van der Waals surface area contributed by atoms with Crippen LogP contribution in [0.4, 0.5) is 0 Å². The van der Waals surface area contributed by atoms with Crippen LogP contribution in [-0.2, 0) is 4.74 Å². The summed E-state index contributed by atoms with van der Waals surface area (Å²) in [5.41, 5.74) is 0. The first-order valence-electron chi connectivity index (χ1n) is 8.23. The van der Waals surface area contributed by atoms with Crippen LogP contribution >= 0.6 is 0 Å². The van der Waals surface area contributed by atoms with E-state index in [2.05, 4.69) is 5.32 Å². The Bertz CT molecular complexity index is 299. The third kappa shape index (κ3) is 1.92. The number of rotatable bonds is 3. The minimum atomic E-state index is 0.789. The van der Waals surface area contributed by atoms with Crippen molar-refractivity contribution in [3.05, 3.63) is 0 Å². The molecule has 0 aromatic rings. The van der Waals surface area contributed by atoms with Crippen LogP contribution in [0.5, 0.6) is 0 Å². The van der Waals surface area contributed by atoms with Gasteiger partial charge in [0.15, 0.2) is 0 Å². The van der Waals surface area contributed by atoms with Gasteiger partial charge in [-0.15, -0.1) is 0 Å². The number of nitrogens with one attached hydrogen (secondary N) is 1. The van der Waals surface area contributed by atoms with Crippen molar-refractivity contribution in [1.29, 1.82) is 0 Å². The molecule has 3 saturated carbocycles. The van der Waals surface area contributed by atoms with Gasteiger partial charge < -0.3 is 10.1 Å². The smallest absolute Gasteiger partial charge is 0.0506 e. The molecule has 4 rings (SSSR count). The van der Waals surface area contributed by atoms with E-state index in [4.69, 9.17) is 4.74 Å². The summed E-state index contributed by atoms with van der Waals surface area (Å²) >= 11 is 0. The molecule has 0 aromatic heterocycles. The Balaban J connectivity index is 1.31. The van der Waals surface area contributed by atoms with E-state index in [9.17, 15) is 0 Å². The normalized spacial score (nSPS) is 50.7. The van der Waals surface area contributed by atoms with Crippen molar-refractivity contribution >= 4 is 0 Å². The maximum absolute atomic E-state index is 5.59. The SMILES string of the molecule is C1COCC(CNC2CC3CC2C2CCCC32)C1. The molecule has 3 aliphatic carbocycles. The highest BCUT2D eigenvalue weighted by Gasteiger charge is 2.53. The Labute approximate surface area is 111 Å². The second kappa shape index (κ2) is 4.79. The topological polar surface area (TPSA) is 21.3 Å². The number of fused-ring (bicyclic) bond motifs is 5. The fourth-order valence-electron chi connectivity index (χ4n) is 5.59. The lowest BCUT2D eigenvalue weighted by Gasteiger charge is -2.33. The van der Waals surface area contributed by atoms with E-state index in [-0.39, 0.29) is 0 Å². The molecule has 102 valence electrons. The molecular formula is C16H27NO. The number of ether oxygens (including phenoxy) is 1. The Hall–Kier alpha value is -0.0800. The summed E-state index contributed by atoms with van der Waals surface area (Å²) in [5.74, 6) is 5.14. The molecule has 4 fully saturated rings. The molecule has 4 aliphatic rings. The van der Waals surface area contributed by atoms with Crippen molar-refractivity contribution < 1.29 is 4.74 Å². The van der Waals surface area contributed by atoms with Crippen LogP contribution in [0.3, 0.4) is 0 Å². The van der Waals surface area contributed by atoms with Crippen LogP contribution < -0.4 is 5.32 Å². The zero-order valence-electron chi connectivity index (χ0n) is 11.4. The zero-order valence-corrected chi connectivity index (χ0v) is 11.4. The molecule has 6 atom stereocenters. The summed E-state index contributed by atoms with van der Waals surface area (Å²) in [6.45, 7) is 3.21. The lowest BCUT2D eigenvalue weighted by molar-refractivity contribution is 0.0519. The maximum Gasteiger partial charge on any atom is 0.0506 e. The third-order valence-electron chi connectivity index (χ3n) is 6.35. The summed E-state index contributed by atoms with van der Waals surface area (Å²) in [4.78, 5) is 0. The predicted molar refractivity (Wildman–Crippen MR) is 72.4 cm³/mol. The Kier molecular flexibility index (Phi) is 3.12.